The van der Waals surface area contributed by atoms with Gasteiger partial charge in [0.25, 0.3) is 0 Å². The molecule has 0 N–H and O–H groups in total. The van der Waals surface area contributed by atoms with Gasteiger partial charge in [0.05, 0.1) is 16.9 Å². The van der Waals surface area contributed by atoms with Crippen molar-refractivity contribution in [3.8, 4) is 6.07 Å². The molecule has 1 aromatic rings. The van der Waals surface area contributed by atoms with Gasteiger partial charge in [0, 0.05) is 26.7 Å². The van der Waals surface area contributed by atoms with Crippen LogP contribution in [0.15, 0.2) is 6.07 Å². The van der Waals surface area contributed by atoms with E-state index in [4.69, 9.17) is 10.00 Å². The molecular weight excluding hydrogens is 292 g/mol. The van der Waals surface area contributed by atoms with Gasteiger partial charge in [-0.3, -0.25) is 4.79 Å². The van der Waals surface area contributed by atoms with Crippen LogP contribution in [0, 0.1) is 25.2 Å². The molecule has 0 atom stereocenters. The van der Waals surface area contributed by atoms with Gasteiger partial charge in [-0.25, -0.2) is 4.98 Å². The van der Waals surface area contributed by atoms with E-state index in [2.05, 4.69) is 16.0 Å². The number of piperidine rings is 1. The van der Waals surface area contributed by atoms with E-state index in [1.807, 2.05) is 27.0 Å². The maximum atomic E-state index is 11.6. The fraction of sp³-hybridized carbons (Fsp3) is 0.588. The molecule has 2 saturated heterocycles. The normalized spacial score (nSPS) is 20.7. The molecule has 6 heteroatoms. The summed E-state index contributed by atoms with van der Waals surface area (Å²) < 4.78 is 5.88. The van der Waals surface area contributed by atoms with Crippen molar-refractivity contribution in [1.29, 1.82) is 5.26 Å². The number of aryl methyl sites for hydroxylation is 2. The first-order valence-electron chi connectivity index (χ1n) is 7.95. The lowest BCUT2D eigenvalue weighted by Crippen LogP contribution is -2.57. The SMILES string of the molecule is Cc1cc(N2CCC3(CC2)CN(C)C(=O)CO3)nc(C)c1C#N. The average molecular weight is 314 g/mol. The van der Waals surface area contributed by atoms with Gasteiger partial charge in [0.2, 0.25) is 5.91 Å². The smallest absolute Gasteiger partial charge is 0.248 e. The van der Waals surface area contributed by atoms with E-state index >= 15 is 0 Å². The second kappa shape index (κ2) is 5.82. The van der Waals surface area contributed by atoms with E-state index in [0.717, 1.165) is 43.0 Å². The molecule has 0 aromatic carbocycles. The zero-order valence-corrected chi connectivity index (χ0v) is 13.9. The highest BCUT2D eigenvalue weighted by molar-refractivity contribution is 5.78. The third-order valence-corrected chi connectivity index (χ3v) is 4.95. The van der Waals surface area contributed by atoms with Crippen molar-refractivity contribution in [1.82, 2.24) is 9.88 Å². The minimum absolute atomic E-state index is 0.0538. The summed E-state index contributed by atoms with van der Waals surface area (Å²) in [4.78, 5) is 20.2. The highest BCUT2D eigenvalue weighted by Gasteiger charge is 2.41. The van der Waals surface area contributed by atoms with Gasteiger partial charge in [-0.05, 0) is 38.3 Å². The molecule has 122 valence electrons. The number of hydrogen-bond donors (Lipinski definition) is 0. The van der Waals surface area contributed by atoms with Gasteiger partial charge in [0.15, 0.2) is 0 Å². The van der Waals surface area contributed by atoms with Crippen LogP contribution in [0.25, 0.3) is 0 Å². The molecule has 1 spiro atoms. The first kappa shape index (κ1) is 15.8. The minimum Gasteiger partial charge on any atom is -0.363 e. The number of ether oxygens (including phenoxy) is 1. The molecule has 0 radical (unpaired) electrons. The van der Waals surface area contributed by atoms with E-state index in [9.17, 15) is 4.79 Å². The Kier molecular flexibility index (Phi) is 3.99. The molecular formula is C17H22N4O2. The zero-order chi connectivity index (χ0) is 16.6. The van der Waals surface area contributed by atoms with Crippen molar-refractivity contribution >= 4 is 11.7 Å². The summed E-state index contributed by atoms with van der Waals surface area (Å²) in [7, 11) is 1.84. The van der Waals surface area contributed by atoms with Crippen molar-refractivity contribution in [3.05, 3.63) is 22.9 Å². The summed E-state index contributed by atoms with van der Waals surface area (Å²) in [5, 5.41) is 9.16. The third-order valence-electron chi connectivity index (χ3n) is 4.95. The molecule has 2 aliphatic heterocycles. The highest BCUT2D eigenvalue weighted by Crippen LogP contribution is 2.32. The first-order chi connectivity index (χ1) is 10.9. The lowest BCUT2D eigenvalue weighted by molar-refractivity contribution is -0.164. The quantitative estimate of drug-likeness (QED) is 0.783. The van der Waals surface area contributed by atoms with Crippen molar-refractivity contribution in [2.75, 3.05) is 38.2 Å². The summed E-state index contributed by atoms with van der Waals surface area (Å²) in [5.41, 5.74) is 2.20. The molecule has 0 unspecified atom stereocenters. The summed E-state index contributed by atoms with van der Waals surface area (Å²) in [6.45, 7) is 6.38. The van der Waals surface area contributed by atoms with E-state index < -0.39 is 0 Å². The number of rotatable bonds is 1. The Bertz CT molecular complexity index is 649. The number of pyridine rings is 1. The van der Waals surface area contributed by atoms with Crippen LogP contribution in [-0.4, -0.2) is 54.7 Å². The Balaban J connectivity index is 1.72. The number of morpholine rings is 1. The third kappa shape index (κ3) is 2.89. The Hall–Kier alpha value is -2.13. The molecule has 2 aliphatic rings. The zero-order valence-electron chi connectivity index (χ0n) is 13.9. The number of aromatic nitrogens is 1. The maximum absolute atomic E-state index is 11.6. The predicted molar refractivity (Wildman–Crippen MR) is 86.2 cm³/mol. The van der Waals surface area contributed by atoms with Gasteiger partial charge < -0.3 is 14.5 Å². The van der Waals surface area contributed by atoms with Crippen molar-refractivity contribution in [2.45, 2.75) is 32.3 Å². The molecule has 0 saturated carbocycles. The molecule has 1 amide bonds. The summed E-state index contributed by atoms with van der Waals surface area (Å²) in [6.07, 6.45) is 1.76. The number of carbonyl (C=O) groups is 1. The Labute approximate surface area is 136 Å². The van der Waals surface area contributed by atoms with Gasteiger partial charge in [0.1, 0.15) is 18.5 Å². The predicted octanol–water partition coefficient (Wildman–Crippen LogP) is 1.40. The molecule has 0 aliphatic carbocycles. The average Bonchev–Trinajstić information content (AvgIpc) is 2.52. The van der Waals surface area contributed by atoms with Crippen LogP contribution in [0.5, 0.6) is 0 Å². The standard InChI is InChI=1S/C17H22N4O2/c1-12-8-15(19-13(2)14(12)9-18)21-6-4-17(5-7-21)11-20(3)16(22)10-23-17/h8H,4-7,10-11H2,1-3H3. The fourth-order valence-corrected chi connectivity index (χ4v) is 3.48. The fourth-order valence-electron chi connectivity index (χ4n) is 3.48. The maximum Gasteiger partial charge on any atom is 0.248 e. The Morgan fingerprint density at radius 2 is 2.04 bits per heavy atom. The van der Waals surface area contributed by atoms with Crippen LogP contribution in [0.4, 0.5) is 5.82 Å². The number of likely N-dealkylation sites (N-methyl/N-ethyl adjacent to an activating group) is 1. The first-order valence-corrected chi connectivity index (χ1v) is 7.95. The number of hydrogen-bond acceptors (Lipinski definition) is 5. The summed E-state index contributed by atoms with van der Waals surface area (Å²) in [5.74, 6) is 0.979. The van der Waals surface area contributed by atoms with Gasteiger partial charge >= 0.3 is 0 Å². The molecule has 2 fully saturated rings. The molecule has 23 heavy (non-hydrogen) atoms. The molecule has 6 nitrogen and oxygen atoms in total. The number of anilines is 1. The monoisotopic (exact) mass is 314 g/mol. The van der Waals surface area contributed by atoms with Crippen LogP contribution in [0.1, 0.15) is 29.7 Å². The lowest BCUT2D eigenvalue weighted by Gasteiger charge is -2.46. The summed E-state index contributed by atoms with van der Waals surface area (Å²) >= 11 is 0. The highest BCUT2D eigenvalue weighted by atomic mass is 16.5. The minimum atomic E-state index is -0.212. The number of carbonyl (C=O) groups excluding carboxylic acids is 1. The molecule has 3 heterocycles. The van der Waals surface area contributed by atoms with E-state index in [0.29, 0.717) is 12.1 Å². The van der Waals surface area contributed by atoms with Gasteiger partial charge in [-0.2, -0.15) is 5.26 Å². The van der Waals surface area contributed by atoms with Gasteiger partial charge in [-0.1, -0.05) is 0 Å². The molecule has 1 aromatic heterocycles. The van der Waals surface area contributed by atoms with Crippen LogP contribution < -0.4 is 4.90 Å². The van der Waals surface area contributed by atoms with Crippen LogP contribution in [0.3, 0.4) is 0 Å². The largest absolute Gasteiger partial charge is 0.363 e. The van der Waals surface area contributed by atoms with Crippen molar-refractivity contribution in [2.24, 2.45) is 0 Å². The van der Waals surface area contributed by atoms with E-state index in [1.54, 1.807) is 4.90 Å². The lowest BCUT2D eigenvalue weighted by atomic mass is 9.89. The second-order valence-electron chi connectivity index (χ2n) is 6.58. The Morgan fingerprint density at radius 3 is 2.61 bits per heavy atom. The Morgan fingerprint density at radius 1 is 1.35 bits per heavy atom. The molecule has 0 bridgehead atoms. The van der Waals surface area contributed by atoms with Crippen molar-refractivity contribution < 1.29 is 9.53 Å². The van der Waals surface area contributed by atoms with Crippen LogP contribution >= 0.6 is 0 Å². The van der Waals surface area contributed by atoms with Crippen molar-refractivity contribution in [3.63, 3.8) is 0 Å². The second-order valence-corrected chi connectivity index (χ2v) is 6.58. The molecule has 3 rings (SSSR count). The van der Waals surface area contributed by atoms with Crippen LogP contribution in [-0.2, 0) is 9.53 Å². The number of nitriles is 1. The topological polar surface area (TPSA) is 69.5 Å². The number of nitrogens with zero attached hydrogens (tertiary/aromatic N) is 4. The summed E-state index contributed by atoms with van der Waals surface area (Å²) in [6, 6.07) is 4.20. The van der Waals surface area contributed by atoms with Gasteiger partial charge in [-0.15, -0.1) is 0 Å². The number of amides is 1. The van der Waals surface area contributed by atoms with Crippen LogP contribution in [0.2, 0.25) is 0 Å². The van der Waals surface area contributed by atoms with E-state index in [1.165, 1.54) is 0 Å². The van der Waals surface area contributed by atoms with E-state index in [-0.39, 0.29) is 18.1 Å².